The molecule has 0 atom stereocenters. The summed E-state index contributed by atoms with van der Waals surface area (Å²) in [5, 5.41) is 6.05. The highest BCUT2D eigenvalue weighted by molar-refractivity contribution is 6.03. The van der Waals surface area contributed by atoms with Crippen LogP contribution in [0.5, 0.6) is 0 Å². The summed E-state index contributed by atoms with van der Waals surface area (Å²) in [5.41, 5.74) is 2.19. The number of carbonyl (C=O) groups is 1. The van der Waals surface area contributed by atoms with E-state index in [1.165, 1.54) is 6.39 Å². The molecule has 0 aliphatic rings. The Morgan fingerprint density at radius 1 is 1.42 bits per heavy atom. The summed E-state index contributed by atoms with van der Waals surface area (Å²) in [5.74, 6) is 0.258. The lowest BCUT2D eigenvalue weighted by Crippen LogP contribution is -2.15. The fourth-order valence-electron chi connectivity index (χ4n) is 1.74. The molecule has 0 bridgehead atoms. The van der Waals surface area contributed by atoms with Gasteiger partial charge < -0.3 is 15.1 Å². The SMILES string of the molecule is CCNCc1cccc(NC(=O)c2ncoc2C)c1. The van der Waals surface area contributed by atoms with Crippen molar-refractivity contribution in [1.29, 1.82) is 0 Å². The number of nitrogens with zero attached hydrogens (tertiary/aromatic N) is 1. The van der Waals surface area contributed by atoms with Crippen LogP contribution in [0.15, 0.2) is 35.1 Å². The van der Waals surface area contributed by atoms with E-state index in [9.17, 15) is 4.79 Å². The van der Waals surface area contributed by atoms with Crippen LogP contribution in [0.25, 0.3) is 0 Å². The third-order valence-electron chi connectivity index (χ3n) is 2.72. The fraction of sp³-hybridized carbons (Fsp3) is 0.286. The van der Waals surface area contributed by atoms with Gasteiger partial charge in [-0.15, -0.1) is 0 Å². The Kier molecular flexibility index (Phi) is 4.30. The van der Waals surface area contributed by atoms with E-state index < -0.39 is 0 Å². The summed E-state index contributed by atoms with van der Waals surface area (Å²) in [6.07, 6.45) is 1.27. The number of hydrogen-bond donors (Lipinski definition) is 2. The number of nitrogens with one attached hydrogen (secondary N) is 2. The molecule has 0 aliphatic carbocycles. The van der Waals surface area contributed by atoms with Crippen LogP contribution in [0, 0.1) is 6.92 Å². The van der Waals surface area contributed by atoms with Crippen LogP contribution in [0.3, 0.4) is 0 Å². The molecule has 5 heteroatoms. The first-order chi connectivity index (χ1) is 9.20. The molecule has 19 heavy (non-hydrogen) atoms. The number of oxazole rings is 1. The third-order valence-corrected chi connectivity index (χ3v) is 2.72. The predicted molar refractivity (Wildman–Crippen MR) is 73.0 cm³/mol. The van der Waals surface area contributed by atoms with E-state index in [1.807, 2.05) is 24.3 Å². The first-order valence-electron chi connectivity index (χ1n) is 6.21. The maximum absolute atomic E-state index is 12.0. The predicted octanol–water partition coefficient (Wildman–Crippen LogP) is 2.34. The normalized spacial score (nSPS) is 10.4. The summed E-state index contributed by atoms with van der Waals surface area (Å²) in [6.45, 7) is 5.46. The quantitative estimate of drug-likeness (QED) is 0.865. The van der Waals surface area contributed by atoms with Gasteiger partial charge in [-0.05, 0) is 31.2 Å². The number of anilines is 1. The minimum atomic E-state index is -0.258. The van der Waals surface area contributed by atoms with E-state index in [2.05, 4.69) is 22.5 Å². The molecule has 0 spiro atoms. The first kappa shape index (κ1) is 13.3. The second-order valence-corrected chi connectivity index (χ2v) is 4.19. The van der Waals surface area contributed by atoms with Gasteiger partial charge in [0.2, 0.25) is 0 Å². The molecule has 1 aromatic carbocycles. The van der Waals surface area contributed by atoms with E-state index in [1.54, 1.807) is 6.92 Å². The monoisotopic (exact) mass is 259 g/mol. The smallest absolute Gasteiger partial charge is 0.277 e. The Labute approximate surface area is 112 Å². The Morgan fingerprint density at radius 2 is 2.26 bits per heavy atom. The lowest BCUT2D eigenvalue weighted by atomic mass is 10.2. The Bertz CT molecular complexity index is 563. The van der Waals surface area contributed by atoms with E-state index in [-0.39, 0.29) is 5.91 Å². The molecular weight excluding hydrogens is 242 g/mol. The number of aryl methyl sites for hydroxylation is 1. The average Bonchev–Trinajstić information content (AvgIpc) is 2.83. The lowest BCUT2D eigenvalue weighted by Gasteiger charge is -2.07. The number of aromatic nitrogens is 1. The molecular formula is C14H17N3O2. The Morgan fingerprint density at radius 3 is 2.95 bits per heavy atom. The van der Waals surface area contributed by atoms with Gasteiger partial charge in [-0.25, -0.2) is 4.98 Å². The van der Waals surface area contributed by atoms with Crippen LogP contribution in [-0.2, 0) is 6.54 Å². The van der Waals surface area contributed by atoms with Crippen LogP contribution in [0.1, 0.15) is 28.7 Å². The van der Waals surface area contributed by atoms with Crippen molar-refractivity contribution in [2.75, 3.05) is 11.9 Å². The summed E-state index contributed by atoms with van der Waals surface area (Å²) in [7, 11) is 0. The molecule has 2 aromatic rings. The van der Waals surface area contributed by atoms with Crippen molar-refractivity contribution in [2.45, 2.75) is 20.4 Å². The van der Waals surface area contributed by atoms with E-state index in [0.29, 0.717) is 11.5 Å². The van der Waals surface area contributed by atoms with Gasteiger partial charge in [0.25, 0.3) is 5.91 Å². The molecule has 100 valence electrons. The summed E-state index contributed by atoms with van der Waals surface area (Å²) in [6, 6.07) is 7.72. The maximum atomic E-state index is 12.0. The number of carbonyl (C=O) groups excluding carboxylic acids is 1. The van der Waals surface area contributed by atoms with Crippen LogP contribution in [0.4, 0.5) is 5.69 Å². The maximum Gasteiger partial charge on any atom is 0.277 e. The average molecular weight is 259 g/mol. The van der Waals surface area contributed by atoms with Crippen LogP contribution >= 0.6 is 0 Å². The molecule has 5 nitrogen and oxygen atoms in total. The summed E-state index contributed by atoms with van der Waals surface area (Å²) in [4.78, 5) is 15.9. The van der Waals surface area contributed by atoms with Crippen molar-refractivity contribution in [3.8, 4) is 0 Å². The molecule has 0 fully saturated rings. The van der Waals surface area contributed by atoms with Gasteiger partial charge in [0.1, 0.15) is 5.76 Å². The molecule has 2 N–H and O–H groups in total. The molecule has 0 saturated carbocycles. The molecule has 2 rings (SSSR count). The zero-order chi connectivity index (χ0) is 13.7. The van der Waals surface area contributed by atoms with E-state index in [0.717, 1.165) is 24.3 Å². The Hall–Kier alpha value is -2.14. The highest BCUT2D eigenvalue weighted by atomic mass is 16.3. The van der Waals surface area contributed by atoms with Crippen molar-refractivity contribution in [2.24, 2.45) is 0 Å². The van der Waals surface area contributed by atoms with Crippen molar-refractivity contribution >= 4 is 11.6 Å². The van der Waals surface area contributed by atoms with Crippen LogP contribution in [0.2, 0.25) is 0 Å². The van der Waals surface area contributed by atoms with Gasteiger partial charge in [-0.1, -0.05) is 19.1 Å². The minimum absolute atomic E-state index is 0.258. The zero-order valence-corrected chi connectivity index (χ0v) is 11.1. The third kappa shape index (κ3) is 3.42. The highest BCUT2D eigenvalue weighted by Gasteiger charge is 2.13. The molecule has 1 amide bonds. The van der Waals surface area contributed by atoms with Crippen molar-refractivity contribution in [1.82, 2.24) is 10.3 Å². The molecule has 0 saturated heterocycles. The zero-order valence-electron chi connectivity index (χ0n) is 11.1. The molecule has 0 radical (unpaired) electrons. The van der Waals surface area contributed by atoms with Gasteiger partial charge >= 0.3 is 0 Å². The van der Waals surface area contributed by atoms with Gasteiger partial charge in [-0.2, -0.15) is 0 Å². The second kappa shape index (κ2) is 6.15. The van der Waals surface area contributed by atoms with Crippen LogP contribution < -0.4 is 10.6 Å². The first-order valence-corrected chi connectivity index (χ1v) is 6.21. The van der Waals surface area contributed by atoms with Gasteiger partial charge in [0.15, 0.2) is 12.1 Å². The second-order valence-electron chi connectivity index (χ2n) is 4.19. The van der Waals surface area contributed by atoms with Crippen LogP contribution in [-0.4, -0.2) is 17.4 Å². The van der Waals surface area contributed by atoms with Crippen molar-refractivity contribution in [3.63, 3.8) is 0 Å². The number of benzene rings is 1. The minimum Gasteiger partial charge on any atom is -0.448 e. The topological polar surface area (TPSA) is 67.2 Å². The summed E-state index contributed by atoms with van der Waals surface area (Å²) < 4.78 is 5.02. The molecule has 1 heterocycles. The lowest BCUT2D eigenvalue weighted by molar-refractivity contribution is 0.102. The highest BCUT2D eigenvalue weighted by Crippen LogP contribution is 2.13. The van der Waals surface area contributed by atoms with Crippen molar-refractivity contribution < 1.29 is 9.21 Å². The standard InChI is InChI=1S/C14H17N3O2/c1-3-15-8-11-5-4-6-12(7-11)17-14(18)13-10(2)19-9-16-13/h4-7,9,15H,3,8H2,1-2H3,(H,17,18). The van der Waals surface area contributed by atoms with E-state index in [4.69, 9.17) is 4.42 Å². The van der Waals surface area contributed by atoms with Gasteiger partial charge in [0, 0.05) is 12.2 Å². The Balaban J connectivity index is 2.07. The van der Waals surface area contributed by atoms with Gasteiger partial charge in [-0.3, -0.25) is 4.79 Å². The van der Waals surface area contributed by atoms with Crippen molar-refractivity contribution in [3.05, 3.63) is 47.7 Å². The molecule has 1 aromatic heterocycles. The number of amides is 1. The van der Waals surface area contributed by atoms with E-state index >= 15 is 0 Å². The molecule has 0 aliphatic heterocycles. The number of rotatable bonds is 5. The number of hydrogen-bond acceptors (Lipinski definition) is 4. The molecule has 0 unspecified atom stereocenters. The van der Waals surface area contributed by atoms with Gasteiger partial charge in [0.05, 0.1) is 0 Å². The summed E-state index contributed by atoms with van der Waals surface area (Å²) >= 11 is 0. The largest absolute Gasteiger partial charge is 0.448 e. The fourth-order valence-corrected chi connectivity index (χ4v) is 1.74.